The van der Waals surface area contributed by atoms with Gasteiger partial charge in [0.1, 0.15) is 11.2 Å². The van der Waals surface area contributed by atoms with Crippen LogP contribution in [0, 0.1) is 18.8 Å². The van der Waals surface area contributed by atoms with E-state index in [0.717, 1.165) is 20.7 Å². The quantitative estimate of drug-likeness (QED) is 0.638. The Kier molecular flexibility index (Phi) is 5.40. The Morgan fingerprint density at radius 3 is 2.67 bits per heavy atom. The SMILES string of the molecule is Cc1sc2ncn(NC(=O)C3CCCC(C(F)(F)F)C3)c(=O)c2c1-c1ccccc1. The fraction of sp³-hybridized carbons (Fsp3) is 0.381. The molecule has 0 bridgehead atoms. The number of hydrogen-bond donors (Lipinski definition) is 1. The second kappa shape index (κ2) is 7.86. The number of alkyl halides is 3. The lowest BCUT2D eigenvalue weighted by Gasteiger charge is -2.29. The highest BCUT2D eigenvalue weighted by Crippen LogP contribution is 2.40. The molecule has 30 heavy (non-hydrogen) atoms. The zero-order valence-electron chi connectivity index (χ0n) is 16.2. The molecule has 0 saturated heterocycles. The van der Waals surface area contributed by atoms with Crippen LogP contribution in [0.2, 0.25) is 0 Å². The van der Waals surface area contributed by atoms with E-state index in [-0.39, 0.29) is 12.8 Å². The van der Waals surface area contributed by atoms with Crippen LogP contribution >= 0.6 is 11.3 Å². The minimum atomic E-state index is -4.31. The van der Waals surface area contributed by atoms with Crippen molar-refractivity contribution in [2.75, 3.05) is 5.43 Å². The van der Waals surface area contributed by atoms with Gasteiger partial charge in [0, 0.05) is 16.4 Å². The summed E-state index contributed by atoms with van der Waals surface area (Å²) in [7, 11) is 0. The Morgan fingerprint density at radius 1 is 1.23 bits per heavy atom. The smallest absolute Gasteiger partial charge is 0.273 e. The van der Waals surface area contributed by atoms with Crippen molar-refractivity contribution in [3.63, 3.8) is 0 Å². The zero-order chi connectivity index (χ0) is 21.5. The summed E-state index contributed by atoms with van der Waals surface area (Å²) >= 11 is 1.38. The number of aromatic nitrogens is 2. The lowest BCUT2D eigenvalue weighted by molar-refractivity contribution is -0.185. The fourth-order valence-electron chi connectivity index (χ4n) is 4.07. The van der Waals surface area contributed by atoms with E-state index in [9.17, 15) is 22.8 Å². The zero-order valence-corrected chi connectivity index (χ0v) is 17.0. The van der Waals surface area contributed by atoms with Gasteiger partial charge in [-0.15, -0.1) is 11.3 Å². The molecule has 9 heteroatoms. The predicted octanol–water partition coefficient (Wildman–Crippen LogP) is 4.87. The van der Waals surface area contributed by atoms with Crippen molar-refractivity contribution in [2.45, 2.75) is 38.8 Å². The maximum absolute atomic E-state index is 13.1. The molecule has 0 aliphatic heterocycles. The second-order valence-electron chi connectivity index (χ2n) is 7.58. The minimum Gasteiger partial charge on any atom is -0.273 e. The summed E-state index contributed by atoms with van der Waals surface area (Å²) in [4.78, 5) is 31.5. The molecular formula is C21H20F3N3O2S. The van der Waals surface area contributed by atoms with Gasteiger partial charge in [-0.2, -0.15) is 13.2 Å². The number of nitrogens with one attached hydrogen (secondary N) is 1. The molecule has 0 radical (unpaired) electrons. The second-order valence-corrected chi connectivity index (χ2v) is 8.78. The number of aryl methyl sites for hydroxylation is 1. The van der Waals surface area contributed by atoms with Crippen molar-refractivity contribution >= 4 is 27.5 Å². The molecule has 1 aliphatic rings. The Hall–Kier alpha value is -2.68. The van der Waals surface area contributed by atoms with Crippen LogP contribution in [0.3, 0.4) is 0 Å². The minimum absolute atomic E-state index is 0.0371. The topological polar surface area (TPSA) is 64.0 Å². The van der Waals surface area contributed by atoms with Gasteiger partial charge >= 0.3 is 6.18 Å². The van der Waals surface area contributed by atoms with E-state index >= 15 is 0 Å². The summed E-state index contributed by atoms with van der Waals surface area (Å²) in [5, 5.41) is 0.392. The summed E-state index contributed by atoms with van der Waals surface area (Å²) in [5.74, 6) is -2.85. The first kappa shape index (κ1) is 20.6. The number of hydrogen-bond acceptors (Lipinski definition) is 4. The molecule has 158 valence electrons. The van der Waals surface area contributed by atoms with Crippen LogP contribution in [0.25, 0.3) is 21.3 Å². The predicted molar refractivity (Wildman–Crippen MR) is 110 cm³/mol. The van der Waals surface area contributed by atoms with E-state index < -0.39 is 29.5 Å². The van der Waals surface area contributed by atoms with Crippen molar-refractivity contribution < 1.29 is 18.0 Å². The molecule has 0 spiro atoms. The molecule has 4 rings (SSSR count). The first-order chi connectivity index (χ1) is 14.3. The molecule has 2 aromatic heterocycles. The molecule has 1 aromatic carbocycles. The van der Waals surface area contributed by atoms with E-state index in [2.05, 4.69) is 10.4 Å². The first-order valence-electron chi connectivity index (χ1n) is 9.69. The van der Waals surface area contributed by atoms with Crippen LogP contribution in [0.15, 0.2) is 41.5 Å². The largest absolute Gasteiger partial charge is 0.391 e. The van der Waals surface area contributed by atoms with Crippen LogP contribution in [0.1, 0.15) is 30.6 Å². The van der Waals surface area contributed by atoms with Gasteiger partial charge < -0.3 is 0 Å². The van der Waals surface area contributed by atoms with Crippen LogP contribution < -0.4 is 11.0 Å². The first-order valence-corrected chi connectivity index (χ1v) is 10.5. The van der Waals surface area contributed by atoms with E-state index in [4.69, 9.17) is 0 Å². The van der Waals surface area contributed by atoms with E-state index in [1.807, 2.05) is 37.3 Å². The summed E-state index contributed by atoms with van der Waals surface area (Å²) in [5.41, 5.74) is 3.65. The van der Waals surface area contributed by atoms with Gasteiger partial charge in [-0.1, -0.05) is 36.8 Å². The molecule has 1 aliphatic carbocycles. The van der Waals surface area contributed by atoms with Crippen LogP contribution in [-0.2, 0) is 4.79 Å². The van der Waals surface area contributed by atoms with E-state index in [1.165, 1.54) is 17.7 Å². The third-order valence-electron chi connectivity index (χ3n) is 5.59. The summed E-state index contributed by atoms with van der Waals surface area (Å²) in [6.07, 6.45) is -2.61. The Morgan fingerprint density at radius 2 is 1.97 bits per heavy atom. The number of nitrogens with zero attached hydrogens (tertiary/aromatic N) is 2. The van der Waals surface area contributed by atoms with Gasteiger partial charge in [0.15, 0.2) is 0 Å². The fourth-order valence-corrected chi connectivity index (χ4v) is 5.07. The third kappa shape index (κ3) is 3.86. The molecule has 2 unspecified atom stereocenters. The Labute approximate surface area is 174 Å². The monoisotopic (exact) mass is 435 g/mol. The third-order valence-corrected chi connectivity index (χ3v) is 6.60. The summed E-state index contributed by atoms with van der Waals surface area (Å²) in [6, 6.07) is 9.40. The van der Waals surface area contributed by atoms with Gasteiger partial charge in [0.2, 0.25) is 5.91 Å². The average Bonchev–Trinajstić information content (AvgIpc) is 3.07. The van der Waals surface area contributed by atoms with Crippen molar-refractivity contribution in [2.24, 2.45) is 11.8 Å². The van der Waals surface area contributed by atoms with Crippen LogP contribution in [0.4, 0.5) is 13.2 Å². The highest BCUT2D eigenvalue weighted by molar-refractivity contribution is 7.19. The standard InChI is InChI=1S/C21H20F3N3O2S/c1-12-16(13-6-3-2-4-7-13)17-19(30-12)25-11-27(20(17)29)26-18(28)14-8-5-9-15(10-14)21(22,23)24/h2-4,6-7,11,14-15H,5,8-10H2,1H3,(H,26,28). The van der Waals surface area contributed by atoms with Crippen molar-refractivity contribution in [3.05, 3.63) is 51.9 Å². The van der Waals surface area contributed by atoms with E-state index in [0.29, 0.717) is 23.1 Å². The Balaban J connectivity index is 1.65. The number of fused-ring (bicyclic) bond motifs is 1. The normalized spacial score (nSPS) is 19.7. The van der Waals surface area contributed by atoms with Crippen molar-refractivity contribution in [1.29, 1.82) is 0 Å². The lowest BCUT2D eigenvalue weighted by atomic mass is 9.80. The van der Waals surface area contributed by atoms with Gasteiger partial charge in [0.05, 0.1) is 11.3 Å². The number of carbonyl (C=O) groups is 1. The number of rotatable bonds is 3. The number of benzene rings is 1. The van der Waals surface area contributed by atoms with Gasteiger partial charge in [-0.3, -0.25) is 15.0 Å². The molecular weight excluding hydrogens is 415 g/mol. The lowest BCUT2D eigenvalue weighted by Crippen LogP contribution is -2.39. The highest BCUT2D eigenvalue weighted by atomic mass is 32.1. The molecule has 1 N–H and O–H groups in total. The van der Waals surface area contributed by atoms with Gasteiger partial charge in [-0.25, -0.2) is 9.66 Å². The molecule has 1 amide bonds. The van der Waals surface area contributed by atoms with Crippen LogP contribution in [0.5, 0.6) is 0 Å². The molecule has 2 atom stereocenters. The summed E-state index contributed by atoms with van der Waals surface area (Å²) < 4.78 is 40.2. The summed E-state index contributed by atoms with van der Waals surface area (Å²) in [6.45, 7) is 1.90. The number of carbonyl (C=O) groups excluding carboxylic acids is 1. The van der Waals surface area contributed by atoms with Gasteiger partial charge in [-0.05, 0) is 31.7 Å². The maximum Gasteiger partial charge on any atom is 0.391 e. The molecule has 1 fully saturated rings. The number of amides is 1. The highest BCUT2D eigenvalue weighted by Gasteiger charge is 2.43. The number of thiophene rings is 1. The number of halogens is 3. The molecule has 3 aromatic rings. The molecule has 5 nitrogen and oxygen atoms in total. The molecule has 2 heterocycles. The van der Waals surface area contributed by atoms with Gasteiger partial charge in [0.25, 0.3) is 5.56 Å². The van der Waals surface area contributed by atoms with Crippen molar-refractivity contribution in [1.82, 2.24) is 9.66 Å². The average molecular weight is 435 g/mol. The maximum atomic E-state index is 13.1. The van der Waals surface area contributed by atoms with Crippen molar-refractivity contribution in [3.8, 4) is 11.1 Å². The Bertz CT molecular complexity index is 1140. The van der Waals surface area contributed by atoms with E-state index in [1.54, 1.807) is 0 Å². The molecule has 1 saturated carbocycles. The van der Waals surface area contributed by atoms with Crippen LogP contribution in [-0.4, -0.2) is 21.7 Å².